The molecule has 1 fully saturated rings. The van der Waals surface area contributed by atoms with Crippen LogP contribution in [0.15, 0.2) is 12.7 Å². The van der Waals surface area contributed by atoms with Crippen LogP contribution in [-0.4, -0.2) is 61.5 Å². The Morgan fingerprint density at radius 3 is 2.60 bits per heavy atom. The van der Waals surface area contributed by atoms with E-state index in [1.807, 2.05) is 17.9 Å². The van der Waals surface area contributed by atoms with Crippen molar-refractivity contribution in [1.29, 1.82) is 0 Å². The Kier molecular flexibility index (Phi) is 5.36. The predicted molar refractivity (Wildman–Crippen MR) is 61.8 cm³/mol. The van der Waals surface area contributed by atoms with Gasteiger partial charge in [0.1, 0.15) is 0 Å². The van der Waals surface area contributed by atoms with Crippen LogP contribution >= 0.6 is 0 Å². The topological polar surface area (TPSA) is 35.6 Å². The van der Waals surface area contributed by atoms with Crippen molar-refractivity contribution < 1.29 is 4.79 Å². The van der Waals surface area contributed by atoms with Crippen molar-refractivity contribution in [3.05, 3.63) is 12.7 Å². The highest BCUT2D eigenvalue weighted by atomic mass is 16.2. The fraction of sp³-hybridized carbons (Fsp3) is 0.727. The Bertz CT molecular complexity index is 210. The molecule has 4 heteroatoms. The molecule has 0 bridgehead atoms. The second kappa shape index (κ2) is 6.58. The second-order valence-electron chi connectivity index (χ2n) is 3.75. The number of nitrogens with one attached hydrogen (secondary N) is 1. The Balaban J connectivity index is 2.24. The molecule has 15 heavy (non-hydrogen) atoms. The fourth-order valence-corrected chi connectivity index (χ4v) is 1.71. The van der Waals surface area contributed by atoms with E-state index in [0.29, 0.717) is 6.54 Å². The van der Waals surface area contributed by atoms with E-state index in [2.05, 4.69) is 16.8 Å². The number of rotatable bonds is 5. The third-order valence-electron chi connectivity index (χ3n) is 2.64. The summed E-state index contributed by atoms with van der Waals surface area (Å²) in [5, 5.41) is 3.06. The van der Waals surface area contributed by atoms with Crippen LogP contribution in [-0.2, 0) is 4.79 Å². The smallest absolute Gasteiger partial charge is 0.236 e. The molecule has 0 unspecified atom stereocenters. The van der Waals surface area contributed by atoms with Crippen LogP contribution in [0, 0.1) is 0 Å². The first kappa shape index (κ1) is 12.2. The Labute approximate surface area is 91.9 Å². The number of likely N-dealkylation sites (N-methyl/N-ethyl adjacent to an activating group) is 1. The highest BCUT2D eigenvalue weighted by molar-refractivity contribution is 5.78. The molecule has 0 saturated carbocycles. The predicted octanol–water partition coefficient (Wildman–Crippen LogP) is -0.0739. The summed E-state index contributed by atoms with van der Waals surface area (Å²) >= 11 is 0. The molecule has 1 aliphatic rings. The molecule has 1 saturated heterocycles. The zero-order valence-corrected chi connectivity index (χ0v) is 9.54. The normalized spacial score (nSPS) is 17.8. The van der Waals surface area contributed by atoms with Crippen LogP contribution in [0.2, 0.25) is 0 Å². The maximum Gasteiger partial charge on any atom is 0.236 e. The molecule has 86 valence electrons. The first-order chi connectivity index (χ1) is 7.27. The average Bonchev–Trinajstić information content (AvgIpc) is 2.27. The van der Waals surface area contributed by atoms with Gasteiger partial charge in [-0.1, -0.05) is 13.0 Å². The Hall–Kier alpha value is -0.870. The van der Waals surface area contributed by atoms with Gasteiger partial charge < -0.3 is 10.2 Å². The summed E-state index contributed by atoms with van der Waals surface area (Å²) in [6.07, 6.45) is 1.91. The molecule has 1 amide bonds. The van der Waals surface area contributed by atoms with Gasteiger partial charge in [-0.05, 0) is 6.54 Å². The van der Waals surface area contributed by atoms with Crippen molar-refractivity contribution in [3.8, 4) is 0 Å². The first-order valence-corrected chi connectivity index (χ1v) is 5.59. The van der Waals surface area contributed by atoms with Gasteiger partial charge in [0.05, 0.1) is 6.54 Å². The van der Waals surface area contributed by atoms with E-state index in [4.69, 9.17) is 0 Å². The van der Waals surface area contributed by atoms with E-state index >= 15 is 0 Å². The van der Waals surface area contributed by atoms with E-state index in [0.717, 1.165) is 39.3 Å². The van der Waals surface area contributed by atoms with Crippen LogP contribution in [0.1, 0.15) is 6.92 Å². The molecule has 0 aliphatic carbocycles. The zero-order chi connectivity index (χ0) is 11.1. The minimum Gasteiger partial charge on any atom is -0.339 e. The van der Waals surface area contributed by atoms with Crippen molar-refractivity contribution in [1.82, 2.24) is 15.1 Å². The van der Waals surface area contributed by atoms with Gasteiger partial charge in [0.25, 0.3) is 0 Å². The molecule has 4 nitrogen and oxygen atoms in total. The van der Waals surface area contributed by atoms with Crippen LogP contribution in [0.25, 0.3) is 0 Å². The van der Waals surface area contributed by atoms with Crippen molar-refractivity contribution in [2.45, 2.75) is 6.92 Å². The number of amides is 1. The molecule has 1 aliphatic heterocycles. The van der Waals surface area contributed by atoms with Crippen molar-refractivity contribution in [3.63, 3.8) is 0 Å². The SMILES string of the molecule is C=CCN1CCN(C(=O)CNCC)CC1. The molecule has 0 atom stereocenters. The van der Waals surface area contributed by atoms with Crippen LogP contribution in [0.3, 0.4) is 0 Å². The third kappa shape index (κ3) is 4.01. The summed E-state index contributed by atoms with van der Waals surface area (Å²) in [6.45, 7) is 11.6. The number of nitrogens with zero attached hydrogens (tertiary/aromatic N) is 2. The molecule has 0 aromatic heterocycles. The van der Waals surface area contributed by atoms with Crippen LogP contribution in [0.4, 0.5) is 0 Å². The lowest BCUT2D eigenvalue weighted by molar-refractivity contribution is -0.131. The summed E-state index contributed by atoms with van der Waals surface area (Å²) in [4.78, 5) is 15.9. The van der Waals surface area contributed by atoms with Gasteiger partial charge in [0.15, 0.2) is 0 Å². The van der Waals surface area contributed by atoms with E-state index in [1.165, 1.54) is 0 Å². The Morgan fingerprint density at radius 2 is 2.07 bits per heavy atom. The largest absolute Gasteiger partial charge is 0.339 e. The maximum absolute atomic E-state index is 11.6. The molecule has 1 rings (SSSR count). The zero-order valence-electron chi connectivity index (χ0n) is 9.54. The first-order valence-electron chi connectivity index (χ1n) is 5.59. The molecule has 0 aromatic rings. The van der Waals surface area contributed by atoms with Gasteiger partial charge in [-0.2, -0.15) is 0 Å². The lowest BCUT2D eigenvalue weighted by Gasteiger charge is -2.34. The molecular weight excluding hydrogens is 190 g/mol. The van der Waals surface area contributed by atoms with Gasteiger partial charge >= 0.3 is 0 Å². The average molecular weight is 211 g/mol. The minimum absolute atomic E-state index is 0.218. The van der Waals surface area contributed by atoms with Crippen molar-refractivity contribution >= 4 is 5.91 Å². The molecular formula is C11H21N3O. The summed E-state index contributed by atoms with van der Waals surface area (Å²) in [7, 11) is 0. The summed E-state index contributed by atoms with van der Waals surface area (Å²) in [6, 6.07) is 0. The van der Waals surface area contributed by atoms with Crippen molar-refractivity contribution in [2.24, 2.45) is 0 Å². The standard InChI is InChI=1S/C11H21N3O/c1-3-5-13-6-8-14(9-7-13)11(15)10-12-4-2/h3,12H,1,4-10H2,2H3. The second-order valence-corrected chi connectivity index (χ2v) is 3.75. The molecule has 0 radical (unpaired) electrons. The lowest BCUT2D eigenvalue weighted by Crippen LogP contribution is -2.50. The third-order valence-corrected chi connectivity index (χ3v) is 2.64. The molecule has 0 aromatic carbocycles. The van der Waals surface area contributed by atoms with Crippen LogP contribution in [0.5, 0.6) is 0 Å². The van der Waals surface area contributed by atoms with Gasteiger partial charge in [0.2, 0.25) is 5.91 Å². The van der Waals surface area contributed by atoms with Crippen molar-refractivity contribution in [2.75, 3.05) is 45.8 Å². The van der Waals surface area contributed by atoms with E-state index in [-0.39, 0.29) is 5.91 Å². The highest BCUT2D eigenvalue weighted by Gasteiger charge is 2.19. The maximum atomic E-state index is 11.6. The highest BCUT2D eigenvalue weighted by Crippen LogP contribution is 2.01. The number of piperazine rings is 1. The van der Waals surface area contributed by atoms with E-state index in [1.54, 1.807) is 0 Å². The lowest BCUT2D eigenvalue weighted by atomic mass is 10.3. The van der Waals surface area contributed by atoms with Gasteiger partial charge in [-0.15, -0.1) is 6.58 Å². The quantitative estimate of drug-likeness (QED) is 0.646. The molecule has 1 heterocycles. The number of hydrogen-bond acceptors (Lipinski definition) is 3. The van der Waals surface area contributed by atoms with Gasteiger partial charge in [-0.3, -0.25) is 9.69 Å². The van der Waals surface area contributed by atoms with Gasteiger partial charge in [0, 0.05) is 32.7 Å². The summed E-state index contributed by atoms with van der Waals surface area (Å²) in [5.41, 5.74) is 0. The fourth-order valence-electron chi connectivity index (χ4n) is 1.71. The van der Waals surface area contributed by atoms with E-state index in [9.17, 15) is 4.79 Å². The monoisotopic (exact) mass is 211 g/mol. The summed E-state index contributed by atoms with van der Waals surface area (Å²) < 4.78 is 0. The number of carbonyl (C=O) groups excluding carboxylic acids is 1. The van der Waals surface area contributed by atoms with E-state index < -0.39 is 0 Å². The summed E-state index contributed by atoms with van der Waals surface area (Å²) in [5.74, 6) is 0.218. The number of hydrogen-bond donors (Lipinski definition) is 1. The van der Waals surface area contributed by atoms with Gasteiger partial charge in [-0.25, -0.2) is 0 Å². The molecule has 0 spiro atoms. The molecule has 1 N–H and O–H groups in total. The minimum atomic E-state index is 0.218. The number of carbonyl (C=O) groups is 1. The van der Waals surface area contributed by atoms with Crippen LogP contribution < -0.4 is 5.32 Å². The Morgan fingerprint density at radius 1 is 1.40 bits per heavy atom.